The summed E-state index contributed by atoms with van der Waals surface area (Å²) in [6.07, 6.45) is 7.66. The number of hydrogen-bond acceptors (Lipinski definition) is 4. The Morgan fingerprint density at radius 3 is 2.26 bits per heavy atom. The summed E-state index contributed by atoms with van der Waals surface area (Å²) in [6.45, 7) is 10.2. The van der Waals surface area contributed by atoms with Crippen molar-refractivity contribution in [3.8, 4) is 0 Å². The van der Waals surface area contributed by atoms with Gasteiger partial charge in [-0.15, -0.1) is 24.8 Å². The molecule has 1 amide bonds. The Morgan fingerprint density at radius 2 is 1.67 bits per heavy atom. The maximum Gasteiger partial charge on any atom is 0.226 e. The first-order chi connectivity index (χ1) is 12.1. The van der Waals surface area contributed by atoms with Gasteiger partial charge >= 0.3 is 0 Å². The topological polar surface area (TPSA) is 58.8 Å². The Bertz CT molecular complexity index is 437. The van der Waals surface area contributed by atoms with E-state index in [4.69, 9.17) is 10.5 Å². The molecule has 1 saturated carbocycles. The van der Waals surface area contributed by atoms with Gasteiger partial charge in [-0.05, 0) is 70.9 Å². The number of nitrogens with two attached hydrogens (primary N) is 1. The molecule has 2 aliphatic heterocycles. The number of nitrogens with zero attached hydrogens (tertiary/aromatic N) is 2. The molecule has 0 aromatic carbocycles. The van der Waals surface area contributed by atoms with Gasteiger partial charge in [0.15, 0.2) is 0 Å². The molecule has 4 atom stereocenters. The molecule has 2 N–H and O–H groups in total. The van der Waals surface area contributed by atoms with Gasteiger partial charge in [0, 0.05) is 32.1 Å². The molecule has 5 nitrogen and oxygen atoms in total. The van der Waals surface area contributed by atoms with E-state index in [1.165, 1.54) is 32.2 Å². The van der Waals surface area contributed by atoms with E-state index in [-0.39, 0.29) is 30.7 Å². The van der Waals surface area contributed by atoms with Crippen LogP contribution in [-0.4, -0.2) is 67.2 Å². The second-order valence-electron chi connectivity index (χ2n) is 8.61. The molecular formula is C20H39Cl2N3O2. The van der Waals surface area contributed by atoms with Crippen LogP contribution in [-0.2, 0) is 9.53 Å². The fourth-order valence-corrected chi connectivity index (χ4v) is 5.15. The average Bonchev–Trinajstić information content (AvgIpc) is 3.07. The molecule has 0 radical (unpaired) electrons. The van der Waals surface area contributed by atoms with Crippen LogP contribution < -0.4 is 5.73 Å². The molecule has 0 aromatic heterocycles. The van der Waals surface area contributed by atoms with Crippen molar-refractivity contribution in [1.29, 1.82) is 0 Å². The van der Waals surface area contributed by atoms with E-state index in [1.54, 1.807) is 0 Å². The van der Waals surface area contributed by atoms with Crippen molar-refractivity contribution in [3.05, 3.63) is 0 Å². The molecular weight excluding hydrogens is 385 g/mol. The van der Waals surface area contributed by atoms with E-state index in [0.717, 1.165) is 44.9 Å². The molecule has 3 aliphatic rings. The average molecular weight is 424 g/mol. The molecule has 2 saturated heterocycles. The fraction of sp³-hybridized carbons (Fsp3) is 0.950. The minimum Gasteiger partial charge on any atom is -0.373 e. The monoisotopic (exact) mass is 423 g/mol. The minimum absolute atomic E-state index is 0. The lowest BCUT2D eigenvalue weighted by atomic mass is 9.90. The standard InChI is InChI=1S/C20H37N3O2.2ClH/c1-15-13-22(14-16(2)25-15)9-6-17-7-10-23(11-8-17)20(24)19-5-3-4-18(19)12-21;;/h15-19H,3-14,21H2,1-2H3;2*1H/t15?,16?,18-,19-;;/m1../s1. The zero-order chi connectivity index (χ0) is 17.8. The van der Waals surface area contributed by atoms with Crippen molar-refractivity contribution in [2.75, 3.05) is 39.3 Å². The van der Waals surface area contributed by atoms with Crippen LogP contribution >= 0.6 is 24.8 Å². The first-order valence-electron chi connectivity index (χ1n) is 10.4. The highest BCUT2D eigenvalue weighted by Gasteiger charge is 2.36. The third-order valence-corrected chi connectivity index (χ3v) is 6.55. The van der Waals surface area contributed by atoms with Gasteiger partial charge in [0.1, 0.15) is 0 Å². The summed E-state index contributed by atoms with van der Waals surface area (Å²) in [5.74, 6) is 1.79. The highest BCUT2D eigenvalue weighted by atomic mass is 35.5. The number of piperidine rings is 1. The SMILES string of the molecule is CC1CN(CCC2CCN(C(=O)[C@@H]3CCC[C@@H]3CN)CC2)CC(C)O1.Cl.Cl. The van der Waals surface area contributed by atoms with Crippen LogP contribution in [0.2, 0.25) is 0 Å². The number of amides is 1. The van der Waals surface area contributed by atoms with Gasteiger partial charge in [-0.25, -0.2) is 0 Å². The third kappa shape index (κ3) is 6.74. The van der Waals surface area contributed by atoms with E-state index in [2.05, 4.69) is 23.6 Å². The van der Waals surface area contributed by atoms with Gasteiger partial charge in [0.25, 0.3) is 0 Å². The van der Waals surface area contributed by atoms with Crippen LogP contribution in [0.25, 0.3) is 0 Å². The lowest BCUT2D eigenvalue weighted by molar-refractivity contribution is -0.138. The van der Waals surface area contributed by atoms with E-state index in [0.29, 0.717) is 30.6 Å². The van der Waals surface area contributed by atoms with Crippen molar-refractivity contribution in [2.24, 2.45) is 23.5 Å². The second kappa shape index (κ2) is 11.8. The number of ether oxygens (including phenoxy) is 1. The number of likely N-dealkylation sites (tertiary alicyclic amines) is 1. The van der Waals surface area contributed by atoms with E-state index in [9.17, 15) is 4.79 Å². The Balaban J connectivity index is 0.00000182. The third-order valence-electron chi connectivity index (χ3n) is 6.55. The summed E-state index contributed by atoms with van der Waals surface area (Å²) >= 11 is 0. The van der Waals surface area contributed by atoms with Crippen molar-refractivity contribution in [1.82, 2.24) is 9.80 Å². The van der Waals surface area contributed by atoms with Crippen LogP contribution in [0.1, 0.15) is 52.4 Å². The van der Waals surface area contributed by atoms with E-state index < -0.39 is 0 Å². The van der Waals surface area contributed by atoms with Crippen molar-refractivity contribution in [3.63, 3.8) is 0 Å². The maximum absolute atomic E-state index is 12.8. The zero-order valence-corrected chi connectivity index (χ0v) is 18.6. The number of carbonyl (C=O) groups excluding carboxylic acids is 1. The molecule has 0 bridgehead atoms. The number of morpholine rings is 1. The summed E-state index contributed by atoms with van der Waals surface area (Å²) in [5, 5.41) is 0. The molecule has 2 heterocycles. The summed E-state index contributed by atoms with van der Waals surface area (Å²) in [5.41, 5.74) is 5.86. The number of carbonyl (C=O) groups is 1. The molecule has 3 rings (SSSR count). The fourth-order valence-electron chi connectivity index (χ4n) is 5.15. The summed E-state index contributed by atoms with van der Waals surface area (Å²) in [6, 6.07) is 0. The van der Waals surface area contributed by atoms with Crippen LogP contribution in [0.15, 0.2) is 0 Å². The van der Waals surface area contributed by atoms with Gasteiger partial charge < -0.3 is 15.4 Å². The molecule has 2 unspecified atom stereocenters. The molecule has 7 heteroatoms. The van der Waals surface area contributed by atoms with Crippen molar-refractivity contribution >= 4 is 30.7 Å². The Labute approximate surface area is 177 Å². The van der Waals surface area contributed by atoms with Crippen LogP contribution in [0.5, 0.6) is 0 Å². The number of halogens is 2. The summed E-state index contributed by atoms with van der Waals surface area (Å²) < 4.78 is 5.82. The molecule has 27 heavy (non-hydrogen) atoms. The highest BCUT2D eigenvalue weighted by Crippen LogP contribution is 2.33. The van der Waals surface area contributed by atoms with Gasteiger partial charge in [-0.3, -0.25) is 9.69 Å². The molecule has 1 aliphatic carbocycles. The first kappa shape index (κ1) is 25.0. The van der Waals surface area contributed by atoms with E-state index >= 15 is 0 Å². The second-order valence-corrected chi connectivity index (χ2v) is 8.61. The molecule has 3 fully saturated rings. The highest BCUT2D eigenvalue weighted by molar-refractivity contribution is 5.85. The Kier molecular flexibility index (Phi) is 10.9. The lowest BCUT2D eigenvalue weighted by Gasteiger charge is -2.38. The predicted octanol–water partition coefficient (Wildman–Crippen LogP) is 2.94. The predicted molar refractivity (Wildman–Crippen MR) is 115 cm³/mol. The van der Waals surface area contributed by atoms with Gasteiger partial charge in [-0.1, -0.05) is 6.42 Å². The normalized spacial score (nSPS) is 32.6. The summed E-state index contributed by atoms with van der Waals surface area (Å²) in [4.78, 5) is 17.5. The number of hydrogen-bond donors (Lipinski definition) is 1. The first-order valence-corrected chi connectivity index (χ1v) is 10.4. The number of rotatable bonds is 5. The molecule has 0 spiro atoms. The van der Waals surface area contributed by atoms with Gasteiger partial charge in [0.2, 0.25) is 5.91 Å². The maximum atomic E-state index is 12.8. The lowest BCUT2D eigenvalue weighted by Crippen LogP contribution is -2.47. The largest absolute Gasteiger partial charge is 0.373 e. The molecule has 0 aromatic rings. The van der Waals surface area contributed by atoms with Gasteiger partial charge in [-0.2, -0.15) is 0 Å². The summed E-state index contributed by atoms with van der Waals surface area (Å²) in [7, 11) is 0. The van der Waals surface area contributed by atoms with Gasteiger partial charge in [0.05, 0.1) is 12.2 Å². The van der Waals surface area contributed by atoms with Crippen LogP contribution in [0.4, 0.5) is 0 Å². The van der Waals surface area contributed by atoms with Crippen LogP contribution in [0, 0.1) is 17.8 Å². The van der Waals surface area contributed by atoms with Crippen LogP contribution in [0.3, 0.4) is 0 Å². The Morgan fingerprint density at radius 1 is 1.04 bits per heavy atom. The Hall–Kier alpha value is -0.0700. The minimum atomic E-state index is 0. The van der Waals surface area contributed by atoms with Crippen molar-refractivity contribution in [2.45, 2.75) is 64.6 Å². The quantitative estimate of drug-likeness (QED) is 0.737. The molecule has 160 valence electrons. The van der Waals surface area contributed by atoms with Crippen molar-refractivity contribution < 1.29 is 9.53 Å². The van der Waals surface area contributed by atoms with E-state index in [1.807, 2.05) is 0 Å². The smallest absolute Gasteiger partial charge is 0.226 e. The zero-order valence-electron chi connectivity index (χ0n) is 17.0.